The minimum Gasteiger partial charge on any atom is -0.368 e. The Hall–Kier alpha value is -1.80. The second kappa shape index (κ2) is 5.29. The van der Waals surface area contributed by atoms with E-state index >= 15 is 0 Å². The average Bonchev–Trinajstić information content (AvgIpc) is 2.46. The molecule has 2 heterocycles. The monoisotopic (exact) mass is 287 g/mol. The first-order valence-corrected chi connectivity index (χ1v) is 7.68. The zero-order chi connectivity index (χ0) is 14.1. The van der Waals surface area contributed by atoms with Crippen molar-refractivity contribution in [1.82, 2.24) is 4.98 Å². The maximum absolute atomic E-state index is 13.7. The van der Waals surface area contributed by atoms with Gasteiger partial charge in [-0.25, -0.2) is 4.39 Å². The Morgan fingerprint density at radius 3 is 2.80 bits per heavy atom. The molecule has 0 amide bonds. The van der Waals surface area contributed by atoms with Crippen LogP contribution in [0.3, 0.4) is 0 Å². The van der Waals surface area contributed by atoms with Gasteiger partial charge >= 0.3 is 0 Å². The Bertz CT molecular complexity index is 702. The first-order valence-electron chi connectivity index (χ1n) is 6.52. The smallest absolute Gasteiger partial charge is 0.124 e. The molecule has 0 atom stereocenters. The van der Waals surface area contributed by atoms with Gasteiger partial charge in [0.15, 0.2) is 0 Å². The van der Waals surface area contributed by atoms with Crippen molar-refractivity contribution in [2.24, 2.45) is 0 Å². The van der Waals surface area contributed by atoms with Gasteiger partial charge in [-0.2, -0.15) is 17.0 Å². The maximum Gasteiger partial charge on any atom is 0.124 e. The standard InChI is InChI=1S/C15H14FN3S/c1-10-6-12(16)7-13-14(10)18-9-11(8-17)15(13)19-2-4-20-5-3-19/h6-7,9H,2-5H2,1H3. The van der Waals surface area contributed by atoms with Crippen LogP contribution >= 0.6 is 11.8 Å². The number of pyridine rings is 1. The second-order valence-corrected chi connectivity index (χ2v) is 6.08. The van der Waals surface area contributed by atoms with Crippen molar-refractivity contribution >= 4 is 28.4 Å². The molecule has 1 saturated heterocycles. The molecule has 0 spiro atoms. The molecule has 0 radical (unpaired) electrons. The van der Waals surface area contributed by atoms with Crippen molar-refractivity contribution in [1.29, 1.82) is 5.26 Å². The normalized spacial score (nSPS) is 15.3. The Balaban J connectivity index is 2.28. The lowest BCUT2D eigenvalue weighted by Gasteiger charge is -2.30. The van der Waals surface area contributed by atoms with E-state index in [0.717, 1.165) is 46.7 Å². The SMILES string of the molecule is Cc1cc(F)cc2c(N3CCSCC3)c(C#N)cnc12. The molecule has 0 unspecified atom stereocenters. The van der Waals surface area contributed by atoms with Crippen LogP contribution in [0.5, 0.6) is 0 Å². The Labute approximate surface area is 121 Å². The van der Waals surface area contributed by atoms with Crippen LogP contribution in [0.15, 0.2) is 18.3 Å². The van der Waals surface area contributed by atoms with E-state index in [1.165, 1.54) is 12.1 Å². The molecule has 2 aromatic rings. The van der Waals surface area contributed by atoms with Gasteiger partial charge in [-0.1, -0.05) is 0 Å². The van der Waals surface area contributed by atoms with Gasteiger partial charge in [0.1, 0.15) is 11.9 Å². The molecular formula is C15H14FN3S. The molecule has 102 valence electrons. The van der Waals surface area contributed by atoms with Gasteiger partial charge in [-0.05, 0) is 24.6 Å². The van der Waals surface area contributed by atoms with E-state index in [2.05, 4.69) is 16.0 Å². The van der Waals surface area contributed by atoms with Gasteiger partial charge in [0.2, 0.25) is 0 Å². The summed E-state index contributed by atoms with van der Waals surface area (Å²) in [6, 6.07) is 5.17. The number of nitriles is 1. The highest BCUT2D eigenvalue weighted by Gasteiger charge is 2.19. The van der Waals surface area contributed by atoms with Gasteiger partial charge < -0.3 is 4.90 Å². The number of aryl methyl sites for hydroxylation is 1. The predicted octanol–water partition coefficient (Wildman–Crippen LogP) is 3.11. The number of hydrogen-bond acceptors (Lipinski definition) is 4. The van der Waals surface area contributed by atoms with Crippen molar-refractivity contribution in [2.75, 3.05) is 29.5 Å². The van der Waals surface area contributed by atoms with Crippen molar-refractivity contribution in [3.8, 4) is 6.07 Å². The van der Waals surface area contributed by atoms with Gasteiger partial charge in [-0.3, -0.25) is 4.98 Å². The van der Waals surface area contributed by atoms with Crippen LogP contribution in [-0.2, 0) is 0 Å². The van der Waals surface area contributed by atoms with E-state index in [1.54, 1.807) is 6.20 Å². The molecule has 5 heteroatoms. The summed E-state index contributed by atoms with van der Waals surface area (Å²) in [5.41, 5.74) is 2.94. The molecule has 1 aliphatic heterocycles. The van der Waals surface area contributed by atoms with E-state index < -0.39 is 0 Å². The minimum absolute atomic E-state index is 0.278. The summed E-state index contributed by atoms with van der Waals surface area (Å²) >= 11 is 1.90. The third-order valence-electron chi connectivity index (χ3n) is 3.55. The van der Waals surface area contributed by atoms with E-state index in [-0.39, 0.29) is 5.82 Å². The summed E-state index contributed by atoms with van der Waals surface area (Å²) in [6.45, 7) is 3.61. The number of benzene rings is 1. The number of halogens is 1. The highest BCUT2D eigenvalue weighted by atomic mass is 32.2. The number of aromatic nitrogens is 1. The van der Waals surface area contributed by atoms with Gasteiger partial charge in [0.05, 0.1) is 16.8 Å². The van der Waals surface area contributed by atoms with Gasteiger partial charge in [-0.15, -0.1) is 0 Å². The fraction of sp³-hybridized carbons (Fsp3) is 0.333. The number of hydrogen-bond donors (Lipinski definition) is 0. The van der Waals surface area contributed by atoms with Gasteiger partial charge in [0, 0.05) is 36.2 Å². The molecule has 3 nitrogen and oxygen atoms in total. The Kier molecular flexibility index (Phi) is 3.49. The fourth-order valence-corrected chi connectivity index (χ4v) is 3.54. The number of thioether (sulfide) groups is 1. The first-order chi connectivity index (χ1) is 9.70. The highest BCUT2D eigenvalue weighted by molar-refractivity contribution is 7.99. The van der Waals surface area contributed by atoms with Crippen LogP contribution in [0.4, 0.5) is 10.1 Å². The fourth-order valence-electron chi connectivity index (χ4n) is 2.63. The van der Waals surface area contributed by atoms with Crippen LogP contribution in [0.2, 0.25) is 0 Å². The lowest BCUT2D eigenvalue weighted by atomic mass is 10.1. The van der Waals surface area contributed by atoms with E-state index in [4.69, 9.17) is 0 Å². The molecule has 1 aromatic carbocycles. The van der Waals surface area contributed by atoms with E-state index in [1.807, 2.05) is 18.7 Å². The van der Waals surface area contributed by atoms with E-state index in [0.29, 0.717) is 5.56 Å². The largest absolute Gasteiger partial charge is 0.368 e. The number of nitrogens with zero attached hydrogens (tertiary/aromatic N) is 3. The minimum atomic E-state index is -0.278. The van der Waals surface area contributed by atoms with Crippen LogP contribution < -0.4 is 4.90 Å². The number of rotatable bonds is 1. The lowest BCUT2D eigenvalue weighted by Crippen LogP contribution is -2.33. The van der Waals surface area contributed by atoms with E-state index in [9.17, 15) is 9.65 Å². The zero-order valence-electron chi connectivity index (χ0n) is 11.2. The molecule has 1 fully saturated rings. The summed E-state index contributed by atoms with van der Waals surface area (Å²) in [4.78, 5) is 6.51. The number of fused-ring (bicyclic) bond motifs is 1. The molecular weight excluding hydrogens is 273 g/mol. The molecule has 0 saturated carbocycles. The van der Waals surface area contributed by atoms with Crippen LogP contribution in [0.25, 0.3) is 10.9 Å². The predicted molar refractivity (Wildman–Crippen MR) is 80.7 cm³/mol. The topological polar surface area (TPSA) is 39.9 Å². The summed E-state index contributed by atoms with van der Waals surface area (Å²) < 4.78 is 13.7. The van der Waals surface area contributed by atoms with Crippen LogP contribution in [0.1, 0.15) is 11.1 Å². The maximum atomic E-state index is 13.7. The van der Waals surface area contributed by atoms with Crippen LogP contribution in [0, 0.1) is 24.1 Å². The van der Waals surface area contributed by atoms with Crippen molar-refractivity contribution in [3.63, 3.8) is 0 Å². The second-order valence-electron chi connectivity index (χ2n) is 4.85. The molecule has 0 bridgehead atoms. The molecule has 3 rings (SSSR count). The van der Waals surface area contributed by atoms with Crippen LogP contribution in [-0.4, -0.2) is 29.6 Å². The summed E-state index contributed by atoms with van der Waals surface area (Å²) in [6.07, 6.45) is 1.60. The summed E-state index contributed by atoms with van der Waals surface area (Å²) in [5.74, 6) is 1.78. The average molecular weight is 287 g/mol. The lowest BCUT2D eigenvalue weighted by molar-refractivity contribution is 0.628. The Morgan fingerprint density at radius 1 is 1.35 bits per heavy atom. The molecule has 0 N–H and O–H groups in total. The molecule has 1 aliphatic rings. The van der Waals surface area contributed by atoms with Crippen molar-refractivity contribution in [3.05, 3.63) is 35.3 Å². The third kappa shape index (κ3) is 2.20. The van der Waals surface area contributed by atoms with Crippen molar-refractivity contribution < 1.29 is 4.39 Å². The number of anilines is 1. The van der Waals surface area contributed by atoms with Crippen molar-refractivity contribution in [2.45, 2.75) is 6.92 Å². The molecule has 1 aromatic heterocycles. The third-order valence-corrected chi connectivity index (χ3v) is 4.49. The highest BCUT2D eigenvalue weighted by Crippen LogP contribution is 2.32. The quantitative estimate of drug-likeness (QED) is 0.808. The molecule has 20 heavy (non-hydrogen) atoms. The summed E-state index contributed by atoms with van der Waals surface area (Å²) in [5, 5.41) is 10.1. The first kappa shape index (κ1) is 13.2. The summed E-state index contributed by atoms with van der Waals surface area (Å²) in [7, 11) is 0. The molecule has 0 aliphatic carbocycles. The van der Waals surface area contributed by atoms with Gasteiger partial charge in [0.25, 0.3) is 0 Å². The zero-order valence-corrected chi connectivity index (χ0v) is 12.0. The Morgan fingerprint density at radius 2 is 2.10 bits per heavy atom.